The number of aryl methyl sites for hydroxylation is 1. The van der Waals surface area contributed by atoms with Crippen molar-refractivity contribution in [3.63, 3.8) is 0 Å². The van der Waals surface area contributed by atoms with Gasteiger partial charge in [-0.15, -0.1) is 24.0 Å². The minimum Gasteiger partial charge on any atom is -0.370 e. The van der Waals surface area contributed by atoms with Gasteiger partial charge in [-0.1, -0.05) is 24.1 Å². The molecule has 0 amide bonds. The van der Waals surface area contributed by atoms with Gasteiger partial charge in [-0.25, -0.2) is 0 Å². The minimum atomic E-state index is 0. The molecule has 1 aliphatic heterocycles. The van der Waals surface area contributed by atoms with Crippen LogP contribution in [-0.4, -0.2) is 36.0 Å². The molecular formula is C17H29IN4. The highest BCUT2D eigenvalue weighted by Crippen LogP contribution is 2.20. The number of aliphatic imine (C=N–C) groups is 1. The lowest BCUT2D eigenvalue weighted by Crippen LogP contribution is -2.49. The molecule has 1 fully saturated rings. The van der Waals surface area contributed by atoms with E-state index < -0.39 is 0 Å². The van der Waals surface area contributed by atoms with Gasteiger partial charge in [-0.05, 0) is 58.8 Å². The summed E-state index contributed by atoms with van der Waals surface area (Å²) in [5.74, 6) is 0.490. The van der Waals surface area contributed by atoms with E-state index in [1.807, 2.05) is 12.1 Å². The van der Waals surface area contributed by atoms with Crippen LogP contribution >= 0.6 is 24.0 Å². The Bertz CT molecular complexity index is 476. The minimum absolute atomic E-state index is 0. The quantitative estimate of drug-likeness (QED) is 0.448. The predicted molar refractivity (Wildman–Crippen MR) is 106 cm³/mol. The maximum Gasteiger partial charge on any atom is 0.193 e. The van der Waals surface area contributed by atoms with Crippen LogP contribution in [0.3, 0.4) is 0 Å². The molecule has 1 aromatic carbocycles. The smallest absolute Gasteiger partial charge is 0.193 e. The fourth-order valence-corrected chi connectivity index (χ4v) is 2.70. The standard InChI is InChI=1S/C17H28N4.HI/c1-14-7-9-15(10-8-14)20-16(18)19-13-17(2,3)21-11-5-4-6-12-21;/h7-10H,4-6,11-13H2,1-3H3,(H3,18,19,20);1H. The number of nitrogens with one attached hydrogen (secondary N) is 1. The molecule has 0 bridgehead atoms. The van der Waals surface area contributed by atoms with Crippen LogP contribution in [0.1, 0.15) is 38.7 Å². The van der Waals surface area contributed by atoms with Crippen molar-refractivity contribution in [2.45, 2.75) is 45.6 Å². The van der Waals surface area contributed by atoms with Gasteiger partial charge >= 0.3 is 0 Å². The van der Waals surface area contributed by atoms with Crippen molar-refractivity contribution >= 4 is 35.6 Å². The van der Waals surface area contributed by atoms with Gasteiger partial charge in [0.2, 0.25) is 0 Å². The zero-order valence-corrected chi connectivity index (χ0v) is 16.3. The molecule has 0 unspecified atom stereocenters. The van der Waals surface area contributed by atoms with Crippen molar-refractivity contribution in [2.75, 3.05) is 25.0 Å². The highest BCUT2D eigenvalue weighted by molar-refractivity contribution is 14.0. The van der Waals surface area contributed by atoms with Crippen LogP contribution in [0.2, 0.25) is 0 Å². The fourth-order valence-electron chi connectivity index (χ4n) is 2.70. The summed E-state index contributed by atoms with van der Waals surface area (Å²) in [6.45, 7) is 9.64. The Morgan fingerprint density at radius 1 is 1.18 bits per heavy atom. The van der Waals surface area contributed by atoms with Gasteiger partial charge in [-0.3, -0.25) is 9.89 Å². The lowest BCUT2D eigenvalue weighted by Gasteiger charge is -2.40. The summed E-state index contributed by atoms with van der Waals surface area (Å²) >= 11 is 0. The Kier molecular flexibility index (Phi) is 7.62. The van der Waals surface area contributed by atoms with Gasteiger partial charge in [0.25, 0.3) is 0 Å². The van der Waals surface area contributed by atoms with Gasteiger partial charge in [-0.2, -0.15) is 0 Å². The highest BCUT2D eigenvalue weighted by Gasteiger charge is 2.27. The molecule has 0 radical (unpaired) electrons. The molecule has 1 saturated heterocycles. The third-order valence-electron chi connectivity index (χ3n) is 4.17. The maximum atomic E-state index is 6.00. The first-order chi connectivity index (χ1) is 9.97. The first-order valence-electron chi connectivity index (χ1n) is 7.86. The predicted octanol–water partition coefficient (Wildman–Crippen LogP) is 3.60. The van der Waals surface area contributed by atoms with E-state index in [4.69, 9.17) is 5.73 Å². The highest BCUT2D eigenvalue weighted by atomic mass is 127. The molecule has 0 aromatic heterocycles. The second kappa shape index (κ2) is 8.72. The molecule has 0 atom stereocenters. The molecule has 1 heterocycles. The van der Waals surface area contributed by atoms with Crippen molar-refractivity contribution in [3.05, 3.63) is 29.8 Å². The molecule has 5 heteroatoms. The number of nitrogens with zero attached hydrogens (tertiary/aromatic N) is 2. The molecule has 2 rings (SSSR count). The Labute approximate surface area is 151 Å². The lowest BCUT2D eigenvalue weighted by atomic mass is 9.99. The number of rotatable bonds is 4. The van der Waals surface area contributed by atoms with Gasteiger partial charge in [0, 0.05) is 11.2 Å². The largest absolute Gasteiger partial charge is 0.370 e. The van der Waals surface area contributed by atoms with Crippen LogP contribution in [-0.2, 0) is 0 Å². The number of hydrogen-bond acceptors (Lipinski definition) is 2. The van der Waals surface area contributed by atoms with E-state index in [0.29, 0.717) is 5.96 Å². The Hall–Kier alpha value is -0.820. The molecule has 0 saturated carbocycles. The van der Waals surface area contributed by atoms with Crippen LogP contribution in [0.15, 0.2) is 29.3 Å². The Balaban J connectivity index is 0.00000242. The number of likely N-dealkylation sites (tertiary alicyclic amines) is 1. The Morgan fingerprint density at radius 2 is 1.77 bits per heavy atom. The van der Waals surface area contributed by atoms with Crippen LogP contribution in [0.4, 0.5) is 5.69 Å². The van der Waals surface area contributed by atoms with E-state index in [2.05, 4.69) is 48.1 Å². The van der Waals surface area contributed by atoms with Crippen LogP contribution in [0.5, 0.6) is 0 Å². The number of anilines is 1. The third kappa shape index (κ3) is 5.76. The van der Waals surface area contributed by atoms with E-state index in [0.717, 1.165) is 12.2 Å². The van der Waals surface area contributed by atoms with Crippen molar-refractivity contribution in [1.82, 2.24) is 4.90 Å². The summed E-state index contributed by atoms with van der Waals surface area (Å²) in [5, 5.41) is 3.15. The van der Waals surface area contributed by atoms with Crippen molar-refractivity contribution in [3.8, 4) is 0 Å². The van der Waals surface area contributed by atoms with Gasteiger partial charge in [0.15, 0.2) is 5.96 Å². The summed E-state index contributed by atoms with van der Waals surface area (Å²) in [6, 6.07) is 8.17. The van der Waals surface area contributed by atoms with Gasteiger partial charge in [0.1, 0.15) is 0 Å². The first-order valence-corrected chi connectivity index (χ1v) is 7.86. The summed E-state index contributed by atoms with van der Waals surface area (Å²) < 4.78 is 0. The summed E-state index contributed by atoms with van der Waals surface area (Å²) in [6.07, 6.45) is 3.95. The van der Waals surface area contributed by atoms with Crippen molar-refractivity contribution in [1.29, 1.82) is 0 Å². The number of halogens is 1. The average molecular weight is 416 g/mol. The molecule has 3 N–H and O–H groups in total. The zero-order valence-electron chi connectivity index (χ0n) is 13.9. The number of benzene rings is 1. The van der Waals surface area contributed by atoms with E-state index >= 15 is 0 Å². The van der Waals surface area contributed by atoms with Crippen LogP contribution in [0.25, 0.3) is 0 Å². The van der Waals surface area contributed by atoms with Crippen LogP contribution < -0.4 is 11.1 Å². The van der Waals surface area contributed by atoms with Crippen LogP contribution in [0, 0.1) is 6.92 Å². The number of piperidine rings is 1. The summed E-state index contributed by atoms with van der Waals surface area (Å²) in [5.41, 5.74) is 8.29. The average Bonchev–Trinajstić information content (AvgIpc) is 2.49. The van der Waals surface area contributed by atoms with Crippen molar-refractivity contribution in [2.24, 2.45) is 10.7 Å². The second-order valence-corrected chi connectivity index (χ2v) is 6.55. The topological polar surface area (TPSA) is 53.6 Å². The monoisotopic (exact) mass is 416 g/mol. The lowest BCUT2D eigenvalue weighted by molar-refractivity contribution is 0.102. The number of nitrogens with two attached hydrogens (primary N) is 1. The Morgan fingerprint density at radius 3 is 2.36 bits per heavy atom. The molecule has 4 nitrogen and oxygen atoms in total. The van der Waals surface area contributed by atoms with E-state index in [9.17, 15) is 0 Å². The molecule has 124 valence electrons. The van der Waals surface area contributed by atoms with Crippen molar-refractivity contribution < 1.29 is 0 Å². The normalized spacial score (nSPS) is 17.0. The first kappa shape index (κ1) is 19.2. The summed E-state index contributed by atoms with van der Waals surface area (Å²) in [7, 11) is 0. The number of hydrogen-bond donors (Lipinski definition) is 2. The molecule has 0 spiro atoms. The van der Waals surface area contributed by atoms with E-state index in [1.165, 1.54) is 37.9 Å². The fraction of sp³-hybridized carbons (Fsp3) is 0.588. The number of guanidine groups is 1. The maximum absolute atomic E-state index is 6.00. The molecule has 22 heavy (non-hydrogen) atoms. The zero-order chi connectivity index (χ0) is 15.3. The molecule has 1 aliphatic rings. The summed E-state index contributed by atoms with van der Waals surface area (Å²) in [4.78, 5) is 7.06. The van der Waals surface area contributed by atoms with E-state index in [-0.39, 0.29) is 29.5 Å². The third-order valence-corrected chi connectivity index (χ3v) is 4.17. The van der Waals surface area contributed by atoms with Gasteiger partial charge < -0.3 is 11.1 Å². The molecular weight excluding hydrogens is 387 g/mol. The SMILES string of the molecule is Cc1ccc(NC(N)=NCC(C)(C)N2CCCCC2)cc1.I. The van der Waals surface area contributed by atoms with Gasteiger partial charge in [0.05, 0.1) is 6.54 Å². The molecule has 1 aromatic rings. The van der Waals surface area contributed by atoms with E-state index in [1.54, 1.807) is 0 Å². The second-order valence-electron chi connectivity index (χ2n) is 6.55. The molecule has 0 aliphatic carbocycles.